The largest absolute Gasteiger partial charge is 0.469 e. The molecule has 0 fully saturated rings. The molecule has 160 valence electrons. The van der Waals surface area contributed by atoms with Crippen LogP contribution >= 0.6 is 15.9 Å². The SMILES string of the molecule is Cc1ccc(-c2cc(Cc3ccco3)c3c(ncn4c(=O)c5cc(Br)ccc5nc34)n2)cc1. The third-order valence-corrected chi connectivity index (χ3v) is 6.25. The van der Waals surface area contributed by atoms with E-state index in [4.69, 9.17) is 14.4 Å². The van der Waals surface area contributed by atoms with Gasteiger partial charge in [-0.15, -0.1) is 0 Å². The minimum absolute atomic E-state index is 0.169. The second-order valence-electron chi connectivity index (χ2n) is 8.00. The monoisotopic (exact) mass is 496 g/mol. The van der Waals surface area contributed by atoms with E-state index in [1.165, 1.54) is 16.3 Å². The van der Waals surface area contributed by atoms with Gasteiger partial charge in [0.2, 0.25) is 0 Å². The van der Waals surface area contributed by atoms with Crippen LogP contribution in [0.1, 0.15) is 16.9 Å². The van der Waals surface area contributed by atoms with E-state index in [-0.39, 0.29) is 5.56 Å². The molecule has 0 aliphatic carbocycles. The molecule has 2 aromatic carbocycles. The van der Waals surface area contributed by atoms with Crippen molar-refractivity contribution in [2.24, 2.45) is 0 Å². The lowest BCUT2D eigenvalue weighted by molar-refractivity contribution is 0.521. The Morgan fingerprint density at radius 1 is 1.03 bits per heavy atom. The molecule has 0 saturated heterocycles. The van der Waals surface area contributed by atoms with E-state index in [1.54, 1.807) is 12.3 Å². The first-order chi connectivity index (χ1) is 16.1. The van der Waals surface area contributed by atoms with Crippen molar-refractivity contribution in [2.75, 3.05) is 0 Å². The normalized spacial score (nSPS) is 11.6. The Labute approximate surface area is 196 Å². The summed E-state index contributed by atoms with van der Waals surface area (Å²) in [4.78, 5) is 27.5. The third kappa shape index (κ3) is 3.41. The predicted molar refractivity (Wildman–Crippen MR) is 131 cm³/mol. The predicted octanol–water partition coefficient (Wildman–Crippen LogP) is 5.71. The maximum Gasteiger partial charge on any atom is 0.267 e. The first kappa shape index (κ1) is 19.8. The molecule has 4 aromatic heterocycles. The lowest BCUT2D eigenvalue weighted by Crippen LogP contribution is -2.16. The van der Waals surface area contributed by atoms with E-state index in [2.05, 4.69) is 52.1 Å². The van der Waals surface area contributed by atoms with E-state index >= 15 is 0 Å². The molecular weight excluding hydrogens is 480 g/mol. The summed E-state index contributed by atoms with van der Waals surface area (Å²) >= 11 is 3.44. The van der Waals surface area contributed by atoms with E-state index in [1.807, 2.05) is 30.3 Å². The number of halogens is 1. The highest BCUT2D eigenvalue weighted by Crippen LogP contribution is 2.29. The molecule has 0 saturated carbocycles. The number of hydrogen-bond donors (Lipinski definition) is 0. The number of fused-ring (bicyclic) bond motifs is 4. The maximum atomic E-state index is 13.3. The average molecular weight is 497 g/mol. The minimum Gasteiger partial charge on any atom is -0.469 e. The molecule has 0 bridgehead atoms. The number of rotatable bonds is 3. The highest BCUT2D eigenvalue weighted by atomic mass is 79.9. The van der Waals surface area contributed by atoms with Gasteiger partial charge in [0.05, 0.1) is 28.2 Å². The van der Waals surface area contributed by atoms with Crippen molar-refractivity contribution >= 4 is 43.5 Å². The smallest absolute Gasteiger partial charge is 0.267 e. The molecule has 33 heavy (non-hydrogen) atoms. The van der Waals surface area contributed by atoms with Crippen molar-refractivity contribution < 1.29 is 4.42 Å². The van der Waals surface area contributed by atoms with E-state index in [0.717, 1.165) is 32.4 Å². The van der Waals surface area contributed by atoms with Crippen LogP contribution in [0.3, 0.4) is 0 Å². The minimum atomic E-state index is -0.169. The van der Waals surface area contributed by atoms with Crippen molar-refractivity contribution in [1.82, 2.24) is 19.4 Å². The highest BCUT2D eigenvalue weighted by molar-refractivity contribution is 9.10. The third-order valence-electron chi connectivity index (χ3n) is 5.76. The Kier molecular flexibility index (Phi) is 4.58. The Morgan fingerprint density at radius 3 is 2.67 bits per heavy atom. The van der Waals surface area contributed by atoms with E-state index in [9.17, 15) is 4.79 Å². The van der Waals surface area contributed by atoms with Crippen molar-refractivity contribution in [2.45, 2.75) is 13.3 Å². The summed E-state index contributed by atoms with van der Waals surface area (Å²) in [6, 6.07) is 19.6. The quantitative estimate of drug-likeness (QED) is 0.231. The van der Waals surface area contributed by atoms with Gasteiger partial charge in [-0.1, -0.05) is 45.8 Å². The second kappa shape index (κ2) is 7.64. The van der Waals surface area contributed by atoms with Gasteiger partial charge in [0.15, 0.2) is 11.3 Å². The number of aryl methyl sites for hydroxylation is 1. The topological polar surface area (TPSA) is 73.3 Å². The van der Waals surface area contributed by atoms with Gasteiger partial charge < -0.3 is 4.42 Å². The van der Waals surface area contributed by atoms with Crippen LogP contribution in [0.2, 0.25) is 0 Å². The van der Waals surface area contributed by atoms with Crippen molar-refractivity contribution in [3.05, 3.63) is 105 Å². The molecule has 6 aromatic rings. The lowest BCUT2D eigenvalue weighted by Gasteiger charge is -2.12. The van der Waals surface area contributed by atoms with Gasteiger partial charge in [-0.2, -0.15) is 0 Å². The molecule has 6 nitrogen and oxygen atoms in total. The number of pyridine rings is 1. The Bertz CT molecular complexity index is 1720. The number of aromatic nitrogens is 4. The van der Waals surface area contributed by atoms with Crippen LogP contribution in [-0.2, 0) is 6.42 Å². The average Bonchev–Trinajstić information content (AvgIpc) is 3.33. The molecule has 0 aliphatic rings. The van der Waals surface area contributed by atoms with Crippen LogP contribution in [0, 0.1) is 6.92 Å². The summed E-state index contributed by atoms with van der Waals surface area (Å²) in [7, 11) is 0. The van der Waals surface area contributed by atoms with Gasteiger partial charge in [0.1, 0.15) is 12.1 Å². The van der Waals surface area contributed by atoms with E-state index < -0.39 is 0 Å². The fourth-order valence-electron chi connectivity index (χ4n) is 4.10. The van der Waals surface area contributed by atoms with Gasteiger partial charge in [0.25, 0.3) is 5.56 Å². The summed E-state index contributed by atoms with van der Waals surface area (Å²) < 4.78 is 7.95. The molecule has 0 radical (unpaired) electrons. The maximum absolute atomic E-state index is 13.3. The zero-order valence-electron chi connectivity index (χ0n) is 17.6. The van der Waals surface area contributed by atoms with Gasteiger partial charge in [-0.05, 0) is 48.9 Å². The number of benzene rings is 2. The molecule has 4 heterocycles. The Morgan fingerprint density at radius 2 is 1.88 bits per heavy atom. The van der Waals surface area contributed by atoms with Crippen molar-refractivity contribution in [1.29, 1.82) is 0 Å². The summed E-state index contributed by atoms with van der Waals surface area (Å²) in [5.74, 6) is 0.812. The van der Waals surface area contributed by atoms with Crippen LogP contribution in [0.5, 0.6) is 0 Å². The fraction of sp³-hybridized carbons (Fsp3) is 0.0769. The summed E-state index contributed by atoms with van der Waals surface area (Å²) in [6.45, 7) is 2.06. The highest BCUT2D eigenvalue weighted by Gasteiger charge is 2.17. The molecule has 0 aliphatic heterocycles. The van der Waals surface area contributed by atoms with E-state index in [0.29, 0.717) is 28.6 Å². The Hall–Kier alpha value is -3.84. The Balaban J connectivity index is 1.70. The first-order valence-corrected chi connectivity index (χ1v) is 11.3. The summed E-state index contributed by atoms with van der Waals surface area (Å²) in [5, 5.41) is 1.27. The molecule has 0 spiro atoms. The molecule has 6 rings (SSSR count). The first-order valence-electron chi connectivity index (χ1n) is 10.5. The molecule has 0 unspecified atom stereocenters. The van der Waals surface area contributed by atoms with Crippen molar-refractivity contribution in [3.63, 3.8) is 0 Å². The zero-order valence-corrected chi connectivity index (χ0v) is 19.2. The molecule has 0 amide bonds. The van der Waals surface area contributed by atoms with Crippen LogP contribution in [-0.4, -0.2) is 19.4 Å². The summed E-state index contributed by atoms with van der Waals surface area (Å²) in [5.41, 5.74) is 5.47. The standard InChI is InChI=1S/C26H17BrN4O2/c1-15-4-6-16(7-5-15)22-12-17(11-19-3-2-10-33-19)23-24(29-22)28-14-31-25(23)30-21-9-8-18(27)13-20(21)26(31)32/h2-10,12-14H,11H2,1H3. The van der Waals surface area contributed by atoms with Crippen LogP contribution in [0.25, 0.3) is 38.8 Å². The molecule has 7 heteroatoms. The number of nitrogens with zero attached hydrogens (tertiary/aromatic N) is 4. The molecule has 0 N–H and O–H groups in total. The zero-order chi connectivity index (χ0) is 22.5. The van der Waals surface area contributed by atoms with Crippen LogP contribution in [0.4, 0.5) is 0 Å². The lowest BCUT2D eigenvalue weighted by atomic mass is 10.0. The van der Waals surface area contributed by atoms with Crippen LogP contribution < -0.4 is 5.56 Å². The number of hydrogen-bond acceptors (Lipinski definition) is 5. The fourth-order valence-corrected chi connectivity index (χ4v) is 4.46. The van der Waals surface area contributed by atoms with Crippen molar-refractivity contribution in [3.8, 4) is 11.3 Å². The van der Waals surface area contributed by atoms with Gasteiger partial charge >= 0.3 is 0 Å². The second-order valence-corrected chi connectivity index (χ2v) is 8.92. The van der Waals surface area contributed by atoms with Crippen LogP contribution in [0.15, 0.2) is 86.9 Å². The molecular formula is C26H17BrN4O2. The molecule has 0 atom stereocenters. The van der Waals surface area contributed by atoms with Gasteiger partial charge in [-0.25, -0.2) is 19.4 Å². The van der Waals surface area contributed by atoms with Gasteiger partial charge in [-0.3, -0.25) is 4.79 Å². The van der Waals surface area contributed by atoms with Gasteiger partial charge in [0, 0.05) is 16.5 Å². The summed E-state index contributed by atoms with van der Waals surface area (Å²) in [6.07, 6.45) is 3.69. The number of furan rings is 1.